The number of rotatable bonds is 6. The van der Waals surface area contributed by atoms with Gasteiger partial charge in [-0.1, -0.05) is 0 Å². The first-order chi connectivity index (χ1) is 5.87. The van der Waals surface area contributed by atoms with Crippen molar-refractivity contribution in [2.75, 3.05) is 13.3 Å². The van der Waals surface area contributed by atoms with Crippen LogP contribution in [0.1, 0.15) is 27.2 Å². The molecule has 0 heterocycles. The molecule has 0 aliphatic rings. The Kier molecular flexibility index (Phi) is 5.81. The van der Waals surface area contributed by atoms with Crippen LogP contribution in [0, 0.1) is 0 Å². The van der Waals surface area contributed by atoms with Gasteiger partial charge in [0.1, 0.15) is 0 Å². The predicted octanol–water partition coefficient (Wildman–Crippen LogP) is 2.02. The van der Waals surface area contributed by atoms with Crippen LogP contribution in [-0.4, -0.2) is 30.4 Å². The molecule has 0 amide bonds. The van der Waals surface area contributed by atoms with Crippen molar-refractivity contribution in [1.29, 1.82) is 0 Å². The van der Waals surface area contributed by atoms with Crippen LogP contribution in [0.15, 0.2) is 0 Å². The van der Waals surface area contributed by atoms with Crippen LogP contribution in [-0.2, 0) is 13.8 Å². The lowest BCUT2D eigenvalue weighted by molar-refractivity contribution is 0.113. The van der Waals surface area contributed by atoms with E-state index >= 15 is 0 Å². The summed E-state index contributed by atoms with van der Waals surface area (Å²) < 4.78 is 21.2. The molecule has 0 bridgehead atoms. The summed E-state index contributed by atoms with van der Waals surface area (Å²) in [7, 11) is -1.82. The highest BCUT2D eigenvalue weighted by Crippen LogP contribution is 2.44. The average molecular weight is 210 g/mol. The van der Waals surface area contributed by atoms with Gasteiger partial charge >= 0.3 is 7.60 Å². The number of hydrogen-bond donors (Lipinski definition) is 1. The van der Waals surface area contributed by atoms with Gasteiger partial charge in [0.25, 0.3) is 0 Å². The van der Waals surface area contributed by atoms with Crippen LogP contribution in [0.5, 0.6) is 0 Å². The highest BCUT2D eigenvalue weighted by atomic mass is 31.2. The Bertz CT molecular complexity index is 181. The zero-order chi connectivity index (χ0) is 10.5. The molecule has 4 nitrogen and oxygen atoms in total. The van der Waals surface area contributed by atoms with Gasteiger partial charge < -0.3 is 14.2 Å². The van der Waals surface area contributed by atoms with Gasteiger partial charge in [0.05, 0.1) is 18.4 Å². The van der Waals surface area contributed by atoms with Gasteiger partial charge in [0, 0.05) is 7.11 Å². The Morgan fingerprint density at radius 3 is 2.31 bits per heavy atom. The van der Waals surface area contributed by atoms with Crippen LogP contribution in [0.3, 0.4) is 0 Å². The first-order valence-corrected chi connectivity index (χ1v) is 6.16. The molecule has 0 aliphatic carbocycles. The second kappa shape index (κ2) is 5.76. The maximum atomic E-state index is 11.3. The van der Waals surface area contributed by atoms with E-state index < -0.39 is 7.60 Å². The van der Waals surface area contributed by atoms with Crippen LogP contribution in [0.2, 0.25) is 0 Å². The SMILES string of the molecule is COC(C)CCP(=O)(O)OC(C)C. The van der Waals surface area contributed by atoms with Crippen LogP contribution >= 0.6 is 7.60 Å². The summed E-state index contributed by atoms with van der Waals surface area (Å²) in [6.45, 7) is 5.33. The molecular formula is C8H19O4P. The first kappa shape index (κ1) is 13.1. The lowest BCUT2D eigenvalue weighted by Crippen LogP contribution is -2.10. The van der Waals surface area contributed by atoms with Crippen molar-refractivity contribution in [2.24, 2.45) is 0 Å². The van der Waals surface area contributed by atoms with Gasteiger partial charge in [-0.3, -0.25) is 4.57 Å². The average Bonchev–Trinajstić information content (AvgIpc) is 1.98. The largest absolute Gasteiger partial charge is 0.382 e. The Morgan fingerprint density at radius 2 is 1.92 bits per heavy atom. The van der Waals surface area contributed by atoms with Crippen LogP contribution < -0.4 is 0 Å². The van der Waals surface area contributed by atoms with Gasteiger partial charge in [-0.25, -0.2) is 0 Å². The van der Waals surface area contributed by atoms with Gasteiger partial charge in [0.2, 0.25) is 0 Å². The van der Waals surface area contributed by atoms with E-state index in [1.54, 1.807) is 21.0 Å². The molecule has 0 saturated carbocycles. The lowest BCUT2D eigenvalue weighted by atomic mass is 10.3. The summed E-state index contributed by atoms with van der Waals surface area (Å²) in [5.74, 6) is 0. The standard InChI is InChI=1S/C8H19O4P/c1-7(2)12-13(9,10)6-5-8(3)11-4/h7-8H,5-6H2,1-4H3,(H,9,10). The molecule has 0 aromatic heterocycles. The van der Waals surface area contributed by atoms with Gasteiger partial charge in [0.15, 0.2) is 0 Å². The molecule has 0 spiro atoms. The fourth-order valence-electron chi connectivity index (χ4n) is 0.845. The summed E-state index contributed by atoms with van der Waals surface area (Å²) >= 11 is 0. The molecule has 0 rings (SSSR count). The molecule has 1 N–H and O–H groups in total. The predicted molar refractivity (Wildman–Crippen MR) is 52.0 cm³/mol. The topological polar surface area (TPSA) is 55.8 Å². The van der Waals surface area contributed by atoms with E-state index in [0.717, 1.165) is 0 Å². The second-order valence-corrected chi connectivity index (χ2v) is 5.28. The van der Waals surface area contributed by atoms with E-state index in [0.29, 0.717) is 6.42 Å². The Balaban J connectivity index is 3.82. The molecule has 2 unspecified atom stereocenters. The minimum absolute atomic E-state index is 0.00348. The quantitative estimate of drug-likeness (QED) is 0.681. The molecular weight excluding hydrogens is 191 g/mol. The lowest BCUT2D eigenvalue weighted by Gasteiger charge is -2.16. The van der Waals surface area contributed by atoms with Gasteiger partial charge in [-0.15, -0.1) is 0 Å². The Labute approximate surface area is 79.8 Å². The highest BCUT2D eigenvalue weighted by molar-refractivity contribution is 7.52. The molecule has 0 fully saturated rings. The normalized spacial score (nSPS) is 18.6. The first-order valence-electron chi connectivity index (χ1n) is 4.40. The van der Waals surface area contributed by atoms with Crippen molar-refractivity contribution in [3.63, 3.8) is 0 Å². The van der Waals surface area contributed by atoms with Crippen molar-refractivity contribution in [3.8, 4) is 0 Å². The molecule has 80 valence electrons. The zero-order valence-electron chi connectivity index (χ0n) is 8.69. The Morgan fingerprint density at radius 1 is 1.38 bits per heavy atom. The third-order valence-electron chi connectivity index (χ3n) is 1.60. The minimum atomic E-state index is -3.40. The molecule has 0 saturated heterocycles. The van der Waals surface area contributed by atoms with Crippen LogP contribution in [0.4, 0.5) is 0 Å². The maximum Gasteiger partial charge on any atom is 0.328 e. The maximum absolute atomic E-state index is 11.3. The zero-order valence-corrected chi connectivity index (χ0v) is 9.58. The fraction of sp³-hybridized carbons (Fsp3) is 1.00. The van der Waals surface area contributed by atoms with Crippen molar-refractivity contribution >= 4 is 7.60 Å². The summed E-state index contributed by atoms with van der Waals surface area (Å²) in [4.78, 5) is 9.31. The van der Waals surface area contributed by atoms with E-state index in [2.05, 4.69) is 0 Å². The summed E-state index contributed by atoms with van der Waals surface area (Å²) in [5, 5.41) is 0. The van der Waals surface area contributed by atoms with Crippen LogP contribution in [0.25, 0.3) is 0 Å². The molecule has 5 heteroatoms. The molecule has 0 aromatic rings. The highest BCUT2D eigenvalue weighted by Gasteiger charge is 2.21. The van der Waals surface area contributed by atoms with Crippen molar-refractivity contribution in [1.82, 2.24) is 0 Å². The van der Waals surface area contributed by atoms with Crippen molar-refractivity contribution < 1.29 is 18.7 Å². The van der Waals surface area contributed by atoms with Crippen molar-refractivity contribution in [3.05, 3.63) is 0 Å². The molecule has 13 heavy (non-hydrogen) atoms. The molecule has 0 aliphatic heterocycles. The third-order valence-corrected chi connectivity index (χ3v) is 3.17. The van der Waals surface area contributed by atoms with E-state index in [4.69, 9.17) is 9.26 Å². The van der Waals surface area contributed by atoms with E-state index in [9.17, 15) is 9.46 Å². The fourth-order valence-corrected chi connectivity index (χ4v) is 2.30. The number of hydrogen-bond acceptors (Lipinski definition) is 3. The summed E-state index contributed by atoms with van der Waals surface area (Å²) in [6, 6.07) is 0. The minimum Gasteiger partial charge on any atom is -0.382 e. The smallest absolute Gasteiger partial charge is 0.328 e. The Hall–Kier alpha value is 0.110. The second-order valence-electron chi connectivity index (χ2n) is 3.35. The van der Waals surface area contributed by atoms with E-state index in [1.807, 2.05) is 6.92 Å². The van der Waals surface area contributed by atoms with Gasteiger partial charge in [-0.05, 0) is 27.2 Å². The van der Waals surface area contributed by atoms with E-state index in [-0.39, 0.29) is 18.4 Å². The molecule has 2 atom stereocenters. The monoisotopic (exact) mass is 210 g/mol. The number of methoxy groups -OCH3 is 1. The number of ether oxygens (including phenoxy) is 1. The van der Waals surface area contributed by atoms with Crippen molar-refractivity contribution in [2.45, 2.75) is 39.4 Å². The molecule has 0 aromatic carbocycles. The summed E-state index contributed by atoms with van der Waals surface area (Å²) in [5.41, 5.74) is 0. The van der Waals surface area contributed by atoms with Gasteiger partial charge in [-0.2, -0.15) is 0 Å². The third kappa shape index (κ3) is 7.20. The summed E-state index contributed by atoms with van der Waals surface area (Å²) in [6.07, 6.45) is 0.474. The molecule has 0 radical (unpaired) electrons. The van der Waals surface area contributed by atoms with E-state index in [1.165, 1.54) is 0 Å².